The van der Waals surface area contributed by atoms with Gasteiger partial charge in [0.2, 0.25) is 0 Å². The van der Waals surface area contributed by atoms with Crippen LogP contribution in [0, 0.1) is 0 Å². The number of carbonyl (C=O) groups excluding carboxylic acids is 1. The van der Waals surface area contributed by atoms with Crippen molar-refractivity contribution in [2.24, 2.45) is 0 Å². The zero-order valence-electron chi connectivity index (χ0n) is 13.7. The summed E-state index contributed by atoms with van der Waals surface area (Å²) in [4.78, 5) is 13.6. The van der Waals surface area contributed by atoms with E-state index in [-0.39, 0.29) is 12.1 Å². The summed E-state index contributed by atoms with van der Waals surface area (Å²) in [6, 6.07) is 0. The van der Waals surface area contributed by atoms with Crippen molar-refractivity contribution in [1.29, 1.82) is 0 Å². The fourth-order valence-electron chi connectivity index (χ4n) is 2.90. The minimum absolute atomic E-state index is 0.224. The first kappa shape index (κ1) is 18.0. The first-order valence-corrected chi connectivity index (χ1v) is 10.6. The number of rotatable bonds is 5. The molecule has 0 bridgehead atoms. The topological polar surface area (TPSA) is 59.6 Å². The van der Waals surface area contributed by atoms with E-state index >= 15 is 0 Å². The standard InChI is InChI=1S/C16H22N2O3S3/c1-2-20-15(19)13-11-5-7-23-9-12(11)24-14(13)18-16(22)17-8-10-4-3-6-21-10/h10H,2-9H2,1H3,(H2,17,18,22)/t10-/m0/s1. The molecule has 0 spiro atoms. The molecule has 132 valence electrons. The number of nitrogens with one attached hydrogen (secondary N) is 2. The summed E-state index contributed by atoms with van der Waals surface area (Å²) in [6.45, 7) is 3.73. The molecule has 5 nitrogen and oxygen atoms in total. The number of thiophene rings is 1. The van der Waals surface area contributed by atoms with Crippen LogP contribution < -0.4 is 10.6 Å². The molecule has 0 aliphatic carbocycles. The maximum atomic E-state index is 12.4. The summed E-state index contributed by atoms with van der Waals surface area (Å²) >= 11 is 8.90. The van der Waals surface area contributed by atoms with E-state index in [1.807, 2.05) is 18.7 Å². The van der Waals surface area contributed by atoms with Gasteiger partial charge in [-0.2, -0.15) is 11.8 Å². The third-order valence-electron chi connectivity index (χ3n) is 4.04. The van der Waals surface area contributed by atoms with Crippen LogP contribution in [0.3, 0.4) is 0 Å². The molecule has 0 unspecified atom stereocenters. The van der Waals surface area contributed by atoms with E-state index in [2.05, 4.69) is 10.6 Å². The fraction of sp³-hybridized carbons (Fsp3) is 0.625. The van der Waals surface area contributed by atoms with Gasteiger partial charge in [-0.3, -0.25) is 0 Å². The number of carbonyl (C=O) groups is 1. The van der Waals surface area contributed by atoms with Crippen molar-refractivity contribution in [3.05, 3.63) is 16.0 Å². The van der Waals surface area contributed by atoms with Gasteiger partial charge in [0, 0.05) is 23.8 Å². The summed E-state index contributed by atoms with van der Waals surface area (Å²) < 4.78 is 10.8. The lowest BCUT2D eigenvalue weighted by Crippen LogP contribution is -2.35. The molecule has 1 aromatic rings. The largest absolute Gasteiger partial charge is 0.462 e. The highest BCUT2D eigenvalue weighted by molar-refractivity contribution is 7.98. The number of ether oxygens (including phenoxy) is 2. The minimum Gasteiger partial charge on any atom is -0.462 e. The molecule has 3 rings (SSSR count). The van der Waals surface area contributed by atoms with Crippen molar-refractivity contribution < 1.29 is 14.3 Å². The Balaban J connectivity index is 1.70. The van der Waals surface area contributed by atoms with Crippen LogP contribution in [0.15, 0.2) is 0 Å². The van der Waals surface area contributed by atoms with Crippen molar-refractivity contribution in [2.45, 2.75) is 38.0 Å². The predicted octanol–water partition coefficient (Wildman–Crippen LogP) is 3.18. The molecule has 24 heavy (non-hydrogen) atoms. The Kier molecular flexibility index (Phi) is 6.37. The van der Waals surface area contributed by atoms with Crippen molar-refractivity contribution in [2.75, 3.05) is 30.8 Å². The highest BCUT2D eigenvalue weighted by atomic mass is 32.2. The summed E-state index contributed by atoms with van der Waals surface area (Å²) in [7, 11) is 0. The van der Waals surface area contributed by atoms with Gasteiger partial charge >= 0.3 is 5.97 Å². The number of hydrogen-bond acceptors (Lipinski definition) is 6. The molecule has 2 N–H and O–H groups in total. The average molecular weight is 387 g/mol. The Bertz CT molecular complexity index is 612. The first-order valence-electron chi connectivity index (χ1n) is 8.25. The number of thioether (sulfide) groups is 1. The highest BCUT2D eigenvalue weighted by Crippen LogP contribution is 2.39. The van der Waals surface area contributed by atoms with E-state index in [0.717, 1.165) is 47.9 Å². The van der Waals surface area contributed by atoms with E-state index in [9.17, 15) is 4.79 Å². The summed E-state index contributed by atoms with van der Waals surface area (Å²) in [5.74, 6) is 1.73. The Labute approximate surface area is 155 Å². The van der Waals surface area contributed by atoms with Gasteiger partial charge in [-0.05, 0) is 49.7 Å². The van der Waals surface area contributed by atoms with Crippen molar-refractivity contribution in [3.8, 4) is 0 Å². The monoisotopic (exact) mass is 386 g/mol. The van der Waals surface area contributed by atoms with Crippen LogP contribution in [0.25, 0.3) is 0 Å². The van der Waals surface area contributed by atoms with E-state index in [1.165, 1.54) is 4.88 Å². The number of hydrogen-bond donors (Lipinski definition) is 2. The zero-order chi connectivity index (χ0) is 16.9. The van der Waals surface area contributed by atoms with Crippen LogP contribution >= 0.6 is 35.3 Å². The fourth-order valence-corrected chi connectivity index (χ4v) is 5.52. The summed E-state index contributed by atoms with van der Waals surface area (Å²) in [5.41, 5.74) is 1.79. The lowest BCUT2D eigenvalue weighted by molar-refractivity contribution is 0.0527. The maximum Gasteiger partial charge on any atom is 0.341 e. The predicted molar refractivity (Wildman–Crippen MR) is 103 cm³/mol. The maximum absolute atomic E-state index is 12.4. The van der Waals surface area contributed by atoms with Gasteiger partial charge in [-0.1, -0.05) is 0 Å². The number of thiocarbonyl (C=S) groups is 1. The molecule has 1 aromatic heterocycles. The number of esters is 1. The van der Waals surface area contributed by atoms with Gasteiger partial charge in [-0.25, -0.2) is 4.79 Å². The van der Waals surface area contributed by atoms with Gasteiger partial charge in [0.1, 0.15) is 5.00 Å². The molecular weight excluding hydrogens is 364 g/mol. The van der Waals surface area contributed by atoms with Gasteiger partial charge < -0.3 is 20.1 Å². The molecule has 8 heteroatoms. The molecule has 1 atom stereocenters. The van der Waals surface area contributed by atoms with Crippen LogP contribution in [0.2, 0.25) is 0 Å². The molecule has 0 radical (unpaired) electrons. The Morgan fingerprint density at radius 2 is 2.38 bits per heavy atom. The van der Waals surface area contributed by atoms with E-state index in [1.54, 1.807) is 11.3 Å². The van der Waals surface area contributed by atoms with Crippen LogP contribution in [0.1, 0.15) is 40.6 Å². The molecule has 0 saturated carbocycles. The number of fused-ring (bicyclic) bond motifs is 1. The van der Waals surface area contributed by atoms with Crippen LogP contribution in [-0.4, -0.2) is 42.7 Å². The lowest BCUT2D eigenvalue weighted by Gasteiger charge is -2.14. The normalized spacial score (nSPS) is 19.6. The van der Waals surface area contributed by atoms with E-state index in [0.29, 0.717) is 23.8 Å². The third kappa shape index (κ3) is 4.22. The van der Waals surface area contributed by atoms with Crippen LogP contribution in [0.5, 0.6) is 0 Å². The van der Waals surface area contributed by atoms with E-state index in [4.69, 9.17) is 21.7 Å². The molecule has 2 aliphatic heterocycles. The molecule has 1 fully saturated rings. The Morgan fingerprint density at radius 1 is 1.50 bits per heavy atom. The van der Waals surface area contributed by atoms with Gasteiger partial charge in [0.15, 0.2) is 5.11 Å². The molecule has 0 aromatic carbocycles. The second kappa shape index (κ2) is 8.51. The minimum atomic E-state index is -0.258. The van der Waals surface area contributed by atoms with Crippen molar-refractivity contribution >= 4 is 51.4 Å². The Hall–Kier alpha value is -0.830. The second-order valence-corrected chi connectivity index (χ2v) is 8.32. The number of anilines is 1. The van der Waals surface area contributed by atoms with E-state index < -0.39 is 0 Å². The highest BCUT2D eigenvalue weighted by Gasteiger charge is 2.27. The molecule has 2 aliphatic rings. The first-order chi connectivity index (χ1) is 11.7. The van der Waals surface area contributed by atoms with Gasteiger partial charge in [0.25, 0.3) is 0 Å². The van der Waals surface area contributed by atoms with Crippen molar-refractivity contribution in [3.63, 3.8) is 0 Å². The van der Waals surface area contributed by atoms with Crippen LogP contribution in [0.4, 0.5) is 5.00 Å². The van der Waals surface area contributed by atoms with Gasteiger partial charge in [-0.15, -0.1) is 11.3 Å². The van der Waals surface area contributed by atoms with Crippen molar-refractivity contribution in [1.82, 2.24) is 5.32 Å². The van der Waals surface area contributed by atoms with Gasteiger partial charge in [0.05, 0.1) is 18.3 Å². The molecule has 0 amide bonds. The quantitative estimate of drug-likeness (QED) is 0.595. The molecular formula is C16H22N2O3S3. The summed E-state index contributed by atoms with van der Waals surface area (Å²) in [6.07, 6.45) is 3.30. The lowest BCUT2D eigenvalue weighted by atomic mass is 10.1. The summed E-state index contributed by atoms with van der Waals surface area (Å²) in [5, 5.41) is 7.73. The SMILES string of the molecule is CCOC(=O)c1c(NC(=S)NC[C@@H]2CCCO2)sc2c1CCSC2. The average Bonchev–Trinajstić information content (AvgIpc) is 3.20. The Morgan fingerprint density at radius 3 is 3.12 bits per heavy atom. The van der Waals surface area contributed by atoms with Crippen LogP contribution in [-0.2, 0) is 21.6 Å². The second-order valence-electron chi connectivity index (χ2n) is 5.70. The molecule has 1 saturated heterocycles. The third-order valence-corrected chi connectivity index (χ3v) is 6.60. The molecule has 3 heterocycles. The smallest absolute Gasteiger partial charge is 0.341 e. The zero-order valence-corrected chi connectivity index (χ0v) is 16.1.